The first-order valence-corrected chi connectivity index (χ1v) is 11.3. The maximum absolute atomic E-state index is 12.7. The number of rotatable bonds is 5. The zero-order valence-electron chi connectivity index (χ0n) is 20.5. The maximum Gasteiger partial charge on any atom is 0.249 e. The summed E-state index contributed by atoms with van der Waals surface area (Å²) in [6.45, 7) is 10.4. The molecule has 174 valence electrons. The van der Waals surface area contributed by atoms with Crippen LogP contribution in [-0.2, 0) is 10.2 Å². The molecule has 0 atom stereocenters. The third-order valence-corrected chi connectivity index (χ3v) is 5.72. The van der Waals surface area contributed by atoms with Crippen molar-refractivity contribution in [1.29, 1.82) is 0 Å². The van der Waals surface area contributed by atoms with Crippen molar-refractivity contribution in [2.45, 2.75) is 40.0 Å². The second kappa shape index (κ2) is 9.14. The van der Waals surface area contributed by atoms with E-state index in [2.05, 4.69) is 43.3 Å². The van der Waals surface area contributed by atoms with Crippen LogP contribution in [0.1, 0.15) is 43.2 Å². The second-order valence-corrected chi connectivity index (χ2v) is 9.43. The number of methoxy groups -OCH3 is 1. The number of aryl methyl sites for hydroxylation is 2. The minimum atomic E-state index is -0.240. The van der Waals surface area contributed by atoms with Crippen LogP contribution in [0.15, 0.2) is 60.7 Å². The molecule has 0 saturated carbocycles. The van der Waals surface area contributed by atoms with Gasteiger partial charge >= 0.3 is 0 Å². The standard InChI is InChI=1S/C28H30N4O2/c1-18-16-24(30-27-22(18)8-7-9-23(27)34-6)32-25(17-19(2)31-32)29-26(33)15-12-20-10-13-21(14-11-20)28(3,4)5/h7-17H,1-6H3,(H,29,33)/b15-12+. The number of nitrogens with zero attached hydrogens (tertiary/aromatic N) is 3. The molecule has 0 spiro atoms. The molecule has 0 fully saturated rings. The molecule has 34 heavy (non-hydrogen) atoms. The fourth-order valence-corrected chi connectivity index (χ4v) is 3.84. The summed E-state index contributed by atoms with van der Waals surface area (Å²) in [6.07, 6.45) is 3.33. The van der Waals surface area contributed by atoms with Crippen molar-refractivity contribution in [3.05, 3.63) is 83.1 Å². The third kappa shape index (κ3) is 4.86. The zero-order valence-corrected chi connectivity index (χ0v) is 20.5. The van der Waals surface area contributed by atoms with Gasteiger partial charge in [0.05, 0.1) is 12.8 Å². The first-order valence-electron chi connectivity index (χ1n) is 11.3. The highest BCUT2D eigenvalue weighted by Crippen LogP contribution is 2.28. The molecule has 0 radical (unpaired) electrons. The molecule has 0 aliphatic carbocycles. The lowest BCUT2D eigenvalue weighted by molar-refractivity contribution is -0.111. The van der Waals surface area contributed by atoms with Gasteiger partial charge in [-0.3, -0.25) is 4.79 Å². The molecule has 4 aromatic rings. The average molecular weight is 455 g/mol. The SMILES string of the molecule is COc1cccc2c(C)cc(-n3nc(C)cc3NC(=O)/C=C/c3ccc(C(C)(C)C)cc3)nc12. The molecule has 4 rings (SSSR count). The van der Waals surface area contributed by atoms with Gasteiger partial charge in [-0.25, -0.2) is 4.98 Å². The van der Waals surface area contributed by atoms with E-state index in [9.17, 15) is 4.79 Å². The number of ether oxygens (including phenoxy) is 1. The van der Waals surface area contributed by atoms with E-state index in [1.165, 1.54) is 11.6 Å². The molecular formula is C28H30N4O2. The molecule has 2 aromatic carbocycles. The monoisotopic (exact) mass is 454 g/mol. The summed E-state index contributed by atoms with van der Waals surface area (Å²) in [5.41, 5.74) is 4.88. The lowest BCUT2D eigenvalue weighted by atomic mass is 9.87. The van der Waals surface area contributed by atoms with Crippen molar-refractivity contribution < 1.29 is 9.53 Å². The number of para-hydroxylation sites is 1. The molecule has 0 saturated heterocycles. The number of anilines is 1. The Hall–Kier alpha value is -3.93. The van der Waals surface area contributed by atoms with Gasteiger partial charge in [0.25, 0.3) is 0 Å². The van der Waals surface area contributed by atoms with Crippen molar-refractivity contribution >= 4 is 28.7 Å². The van der Waals surface area contributed by atoms with E-state index in [0.29, 0.717) is 17.4 Å². The first-order chi connectivity index (χ1) is 16.2. The maximum atomic E-state index is 12.7. The summed E-state index contributed by atoms with van der Waals surface area (Å²) in [5.74, 6) is 1.62. The van der Waals surface area contributed by atoms with Crippen LogP contribution in [0.2, 0.25) is 0 Å². The second-order valence-electron chi connectivity index (χ2n) is 9.43. The predicted molar refractivity (Wildman–Crippen MR) is 138 cm³/mol. The van der Waals surface area contributed by atoms with Gasteiger partial charge in [0.1, 0.15) is 17.1 Å². The molecule has 0 unspecified atom stereocenters. The number of carbonyl (C=O) groups is 1. The molecule has 1 amide bonds. The Morgan fingerprint density at radius 1 is 1.06 bits per heavy atom. The van der Waals surface area contributed by atoms with Crippen molar-refractivity contribution in [3.8, 4) is 11.6 Å². The summed E-state index contributed by atoms with van der Waals surface area (Å²) in [5, 5.41) is 8.51. The van der Waals surface area contributed by atoms with Crippen LogP contribution >= 0.6 is 0 Å². The van der Waals surface area contributed by atoms with Crippen LogP contribution in [0.4, 0.5) is 5.82 Å². The van der Waals surface area contributed by atoms with Crippen LogP contribution in [0, 0.1) is 13.8 Å². The number of hydrogen-bond acceptors (Lipinski definition) is 4. The molecule has 0 aliphatic heterocycles. The van der Waals surface area contributed by atoms with E-state index in [1.54, 1.807) is 17.9 Å². The molecule has 1 N–H and O–H groups in total. The van der Waals surface area contributed by atoms with E-state index < -0.39 is 0 Å². The van der Waals surface area contributed by atoms with Gasteiger partial charge in [0.2, 0.25) is 5.91 Å². The number of fused-ring (bicyclic) bond motifs is 1. The summed E-state index contributed by atoms with van der Waals surface area (Å²) in [4.78, 5) is 17.5. The lowest BCUT2D eigenvalue weighted by Crippen LogP contribution is -2.13. The quantitative estimate of drug-likeness (QED) is 0.376. The smallest absolute Gasteiger partial charge is 0.249 e. The number of hydrogen-bond donors (Lipinski definition) is 1. The zero-order chi connectivity index (χ0) is 24.5. The number of pyridine rings is 1. The van der Waals surface area contributed by atoms with E-state index in [4.69, 9.17) is 9.72 Å². The van der Waals surface area contributed by atoms with Gasteiger partial charge in [-0.1, -0.05) is 57.2 Å². The summed E-state index contributed by atoms with van der Waals surface area (Å²) >= 11 is 0. The Balaban J connectivity index is 1.60. The first kappa shape index (κ1) is 23.2. The molecule has 2 heterocycles. The van der Waals surface area contributed by atoms with Crippen LogP contribution in [-0.4, -0.2) is 27.8 Å². The van der Waals surface area contributed by atoms with Gasteiger partial charge in [-0.15, -0.1) is 0 Å². The van der Waals surface area contributed by atoms with Crippen LogP contribution in [0.5, 0.6) is 5.75 Å². The van der Waals surface area contributed by atoms with E-state index in [1.807, 2.05) is 56.3 Å². The topological polar surface area (TPSA) is 69.0 Å². The van der Waals surface area contributed by atoms with Crippen molar-refractivity contribution in [3.63, 3.8) is 0 Å². The minimum absolute atomic E-state index is 0.0923. The van der Waals surface area contributed by atoms with E-state index in [-0.39, 0.29) is 11.3 Å². The fourth-order valence-electron chi connectivity index (χ4n) is 3.84. The Morgan fingerprint density at radius 3 is 2.47 bits per heavy atom. The largest absolute Gasteiger partial charge is 0.494 e. The molecule has 2 aromatic heterocycles. The van der Waals surface area contributed by atoms with E-state index in [0.717, 1.165) is 27.7 Å². The van der Waals surface area contributed by atoms with Gasteiger partial charge in [0.15, 0.2) is 5.82 Å². The predicted octanol–water partition coefficient (Wildman–Crippen LogP) is 6.00. The summed E-state index contributed by atoms with van der Waals surface area (Å²) in [7, 11) is 1.63. The normalized spacial score (nSPS) is 11.8. The number of nitrogens with one attached hydrogen (secondary N) is 1. The van der Waals surface area contributed by atoms with Gasteiger partial charge in [0, 0.05) is 17.5 Å². The summed E-state index contributed by atoms with van der Waals surface area (Å²) < 4.78 is 7.15. The molecular weight excluding hydrogens is 424 g/mol. The fraction of sp³-hybridized carbons (Fsp3) is 0.250. The van der Waals surface area contributed by atoms with Crippen LogP contribution in [0.3, 0.4) is 0 Å². The third-order valence-electron chi connectivity index (χ3n) is 5.72. The van der Waals surface area contributed by atoms with Crippen molar-refractivity contribution in [2.24, 2.45) is 0 Å². The Bertz CT molecular complexity index is 1380. The molecule has 6 heteroatoms. The summed E-state index contributed by atoms with van der Waals surface area (Å²) in [6, 6.07) is 17.9. The highest BCUT2D eigenvalue weighted by Gasteiger charge is 2.15. The number of amides is 1. The number of benzene rings is 2. The van der Waals surface area contributed by atoms with Gasteiger partial charge in [-0.2, -0.15) is 9.78 Å². The van der Waals surface area contributed by atoms with Crippen molar-refractivity contribution in [1.82, 2.24) is 14.8 Å². The number of aromatic nitrogens is 3. The number of carbonyl (C=O) groups excluding carboxylic acids is 1. The van der Waals surface area contributed by atoms with Crippen molar-refractivity contribution in [2.75, 3.05) is 12.4 Å². The molecule has 0 aliphatic rings. The van der Waals surface area contributed by atoms with Crippen LogP contribution in [0.25, 0.3) is 22.8 Å². The molecule has 6 nitrogen and oxygen atoms in total. The van der Waals surface area contributed by atoms with E-state index >= 15 is 0 Å². The Morgan fingerprint density at radius 2 is 1.79 bits per heavy atom. The lowest BCUT2D eigenvalue weighted by Gasteiger charge is -2.18. The highest BCUT2D eigenvalue weighted by atomic mass is 16.5. The average Bonchev–Trinajstić information content (AvgIpc) is 3.16. The molecule has 0 bridgehead atoms. The van der Waals surface area contributed by atoms with Gasteiger partial charge < -0.3 is 10.1 Å². The highest BCUT2D eigenvalue weighted by molar-refractivity contribution is 6.01. The Kier molecular flexibility index (Phi) is 6.24. The Labute approximate surface area is 200 Å². The van der Waals surface area contributed by atoms with Crippen LogP contribution < -0.4 is 10.1 Å². The minimum Gasteiger partial charge on any atom is -0.494 e. The van der Waals surface area contributed by atoms with Gasteiger partial charge in [-0.05, 0) is 54.2 Å².